The van der Waals surface area contributed by atoms with E-state index in [1.165, 1.54) is 25.7 Å². The van der Waals surface area contributed by atoms with Crippen LogP contribution in [0.5, 0.6) is 5.75 Å². The van der Waals surface area contributed by atoms with E-state index in [2.05, 4.69) is 28.2 Å². The molecule has 1 N–H and O–H groups in total. The molecule has 1 aliphatic rings. The monoisotopic (exact) mass is 345 g/mol. The highest BCUT2D eigenvalue weighted by Gasteiger charge is 2.22. The summed E-state index contributed by atoms with van der Waals surface area (Å²) in [5, 5.41) is 4.35. The van der Waals surface area contributed by atoms with Crippen molar-refractivity contribution in [3.8, 4) is 5.75 Å². The number of rotatable bonds is 4. The van der Waals surface area contributed by atoms with Crippen molar-refractivity contribution in [3.63, 3.8) is 0 Å². The molecule has 2 unspecified atom stereocenters. The highest BCUT2D eigenvalue weighted by atomic mass is 79.9. The first-order chi connectivity index (χ1) is 9.11. The van der Waals surface area contributed by atoms with Crippen LogP contribution in [0, 0.1) is 5.92 Å². The highest BCUT2D eigenvalue weighted by molar-refractivity contribution is 9.10. The lowest BCUT2D eigenvalue weighted by molar-refractivity contribution is 0.332. The van der Waals surface area contributed by atoms with Gasteiger partial charge in [-0.3, -0.25) is 0 Å². The predicted molar refractivity (Wildman–Crippen MR) is 85.4 cm³/mol. The van der Waals surface area contributed by atoms with Crippen molar-refractivity contribution in [2.24, 2.45) is 5.92 Å². The van der Waals surface area contributed by atoms with Crippen LogP contribution in [0.1, 0.15) is 39.5 Å². The molecule has 0 spiro atoms. The zero-order valence-electron chi connectivity index (χ0n) is 11.5. The third-order valence-electron chi connectivity index (χ3n) is 3.75. The second-order valence-electron chi connectivity index (χ2n) is 5.21. The van der Waals surface area contributed by atoms with Crippen LogP contribution in [0.25, 0.3) is 0 Å². The molecule has 0 aliphatic heterocycles. The average Bonchev–Trinajstić information content (AvgIpc) is 2.36. The predicted octanol–water partition coefficient (Wildman–Crippen LogP) is 5.49. The number of benzene rings is 1. The van der Waals surface area contributed by atoms with Gasteiger partial charge in [-0.15, -0.1) is 0 Å². The number of hydrogen-bond donors (Lipinski definition) is 1. The molecule has 4 heteroatoms. The fourth-order valence-electron chi connectivity index (χ4n) is 2.69. The molecule has 1 aromatic rings. The van der Waals surface area contributed by atoms with Gasteiger partial charge in [0, 0.05) is 11.1 Å². The van der Waals surface area contributed by atoms with E-state index in [4.69, 9.17) is 16.3 Å². The van der Waals surface area contributed by atoms with E-state index in [-0.39, 0.29) is 0 Å². The second kappa shape index (κ2) is 6.85. The van der Waals surface area contributed by atoms with E-state index in [9.17, 15) is 0 Å². The van der Waals surface area contributed by atoms with Gasteiger partial charge in [-0.25, -0.2) is 0 Å². The molecule has 2 atom stereocenters. The molecule has 0 amide bonds. The molecule has 0 heterocycles. The summed E-state index contributed by atoms with van der Waals surface area (Å²) in [5.74, 6) is 1.56. The van der Waals surface area contributed by atoms with Gasteiger partial charge in [0.05, 0.1) is 16.8 Å². The van der Waals surface area contributed by atoms with E-state index < -0.39 is 0 Å². The first-order valence-electron chi connectivity index (χ1n) is 7.00. The van der Waals surface area contributed by atoms with Crippen LogP contribution in [0.4, 0.5) is 5.69 Å². The molecule has 106 valence electrons. The SMILES string of the molecule is CCOc1c(Br)cc(Cl)cc1NC1CCCCC1C. The normalized spacial score (nSPS) is 23.2. The van der Waals surface area contributed by atoms with Crippen LogP contribution in [0.2, 0.25) is 5.02 Å². The summed E-state index contributed by atoms with van der Waals surface area (Å²) in [4.78, 5) is 0. The molecule has 2 nitrogen and oxygen atoms in total. The van der Waals surface area contributed by atoms with Crippen molar-refractivity contribution >= 4 is 33.2 Å². The summed E-state index contributed by atoms with van der Waals surface area (Å²) in [6.07, 6.45) is 5.16. The minimum atomic E-state index is 0.512. The molecule has 0 bridgehead atoms. The summed E-state index contributed by atoms with van der Waals surface area (Å²) in [6, 6.07) is 4.35. The van der Waals surface area contributed by atoms with Gasteiger partial charge in [0.15, 0.2) is 5.75 Å². The molecular formula is C15H21BrClNO. The molecule has 1 aliphatic carbocycles. The third-order valence-corrected chi connectivity index (χ3v) is 4.56. The van der Waals surface area contributed by atoms with Gasteiger partial charge in [0.1, 0.15) is 0 Å². The van der Waals surface area contributed by atoms with Crippen LogP contribution in [-0.4, -0.2) is 12.6 Å². The zero-order chi connectivity index (χ0) is 13.8. The Labute approximate surface area is 129 Å². The van der Waals surface area contributed by atoms with Crippen molar-refractivity contribution in [1.29, 1.82) is 0 Å². The summed E-state index contributed by atoms with van der Waals surface area (Å²) in [6.45, 7) is 4.96. The lowest BCUT2D eigenvalue weighted by Gasteiger charge is -2.31. The smallest absolute Gasteiger partial charge is 0.156 e. The summed E-state index contributed by atoms with van der Waals surface area (Å²) in [7, 11) is 0. The van der Waals surface area contributed by atoms with Gasteiger partial charge in [0.25, 0.3) is 0 Å². The minimum Gasteiger partial charge on any atom is -0.491 e. The van der Waals surface area contributed by atoms with E-state index in [0.717, 1.165) is 20.9 Å². The Balaban J connectivity index is 2.22. The van der Waals surface area contributed by atoms with Crippen molar-refractivity contribution in [2.75, 3.05) is 11.9 Å². The molecule has 19 heavy (non-hydrogen) atoms. The minimum absolute atomic E-state index is 0.512. The zero-order valence-corrected chi connectivity index (χ0v) is 13.9. The van der Waals surface area contributed by atoms with Crippen LogP contribution in [0.15, 0.2) is 16.6 Å². The van der Waals surface area contributed by atoms with Crippen molar-refractivity contribution < 1.29 is 4.74 Å². The Morgan fingerprint density at radius 2 is 2.11 bits per heavy atom. The van der Waals surface area contributed by atoms with E-state index in [0.29, 0.717) is 18.6 Å². The number of ether oxygens (including phenoxy) is 1. The summed E-state index contributed by atoms with van der Waals surface area (Å²) < 4.78 is 6.64. The lowest BCUT2D eigenvalue weighted by Crippen LogP contribution is -2.30. The number of anilines is 1. The molecule has 0 saturated heterocycles. The molecule has 0 aromatic heterocycles. The molecule has 0 radical (unpaired) electrons. The molecule has 1 aromatic carbocycles. The number of hydrogen-bond acceptors (Lipinski definition) is 2. The summed E-state index contributed by atoms with van der Waals surface area (Å²) in [5.41, 5.74) is 1.000. The van der Waals surface area contributed by atoms with Crippen molar-refractivity contribution in [3.05, 3.63) is 21.6 Å². The van der Waals surface area contributed by atoms with Gasteiger partial charge in [-0.05, 0) is 53.7 Å². The Hall–Kier alpha value is -0.410. The maximum absolute atomic E-state index is 6.15. The van der Waals surface area contributed by atoms with Gasteiger partial charge >= 0.3 is 0 Å². The lowest BCUT2D eigenvalue weighted by atomic mass is 9.86. The standard InChI is InChI=1S/C15H21BrClNO/c1-3-19-15-12(16)8-11(17)9-14(15)18-13-7-5-4-6-10(13)2/h8-10,13,18H,3-7H2,1-2H3. The molecule has 1 fully saturated rings. The molecule has 2 rings (SSSR count). The van der Waals surface area contributed by atoms with Gasteiger partial charge in [-0.1, -0.05) is 31.4 Å². The van der Waals surface area contributed by atoms with Crippen molar-refractivity contribution in [2.45, 2.75) is 45.6 Å². The van der Waals surface area contributed by atoms with E-state index in [1.54, 1.807) is 0 Å². The van der Waals surface area contributed by atoms with Gasteiger partial charge < -0.3 is 10.1 Å². The van der Waals surface area contributed by atoms with Gasteiger partial charge in [-0.2, -0.15) is 0 Å². The topological polar surface area (TPSA) is 21.3 Å². The van der Waals surface area contributed by atoms with E-state index >= 15 is 0 Å². The Morgan fingerprint density at radius 1 is 1.37 bits per heavy atom. The van der Waals surface area contributed by atoms with Crippen LogP contribution in [0.3, 0.4) is 0 Å². The maximum Gasteiger partial charge on any atom is 0.156 e. The summed E-state index contributed by atoms with van der Waals surface area (Å²) >= 11 is 9.68. The first kappa shape index (κ1) is 15.0. The van der Waals surface area contributed by atoms with Crippen LogP contribution >= 0.6 is 27.5 Å². The average molecular weight is 347 g/mol. The maximum atomic E-state index is 6.15. The fraction of sp³-hybridized carbons (Fsp3) is 0.600. The second-order valence-corrected chi connectivity index (χ2v) is 6.50. The Morgan fingerprint density at radius 3 is 2.79 bits per heavy atom. The third kappa shape index (κ3) is 3.79. The highest BCUT2D eigenvalue weighted by Crippen LogP contribution is 2.38. The first-order valence-corrected chi connectivity index (χ1v) is 8.17. The van der Waals surface area contributed by atoms with Crippen LogP contribution in [-0.2, 0) is 0 Å². The van der Waals surface area contributed by atoms with Crippen LogP contribution < -0.4 is 10.1 Å². The molecule has 1 saturated carbocycles. The number of nitrogens with one attached hydrogen (secondary N) is 1. The fourth-order valence-corrected chi connectivity index (χ4v) is 3.61. The van der Waals surface area contributed by atoms with Crippen molar-refractivity contribution in [1.82, 2.24) is 0 Å². The quantitative estimate of drug-likeness (QED) is 0.778. The van der Waals surface area contributed by atoms with Gasteiger partial charge in [0.2, 0.25) is 0 Å². The number of halogens is 2. The van der Waals surface area contributed by atoms with E-state index in [1.807, 2.05) is 19.1 Å². The Kier molecular flexibility index (Phi) is 5.40. The Bertz CT molecular complexity index is 438. The molecular weight excluding hydrogens is 326 g/mol. The largest absolute Gasteiger partial charge is 0.491 e.